The number of benzene rings is 1. The lowest BCUT2D eigenvalue weighted by molar-refractivity contribution is 0.0215. The number of rotatable bonds is 1. The van der Waals surface area contributed by atoms with Crippen LogP contribution >= 0.6 is 15.9 Å². The zero-order chi connectivity index (χ0) is 19.8. The van der Waals surface area contributed by atoms with E-state index in [1.165, 1.54) is 0 Å². The van der Waals surface area contributed by atoms with Crippen molar-refractivity contribution in [3.63, 3.8) is 0 Å². The average Bonchev–Trinajstić information content (AvgIpc) is 3.18. The molecule has 3 rings (SSSR count). The van der Waals surface area contributed by atoms with Gasteiger partial charge in [0.1, 0.15) is 17.1 Å². The van der Waals surface area contributed by atoms with Crippen LogP contribution in [-0.2, 0) is 5.54 Å². The first-order chi connectivity index (χ1) is 12.6. The van der Waals surface area contributed by atoms with Crippen molar-refractivity contribution in [2.24, 2.45) is 11.3 Å². The fraction of sp³-hybridized carbons (Fsp3) is 0.429. The maximum absolute atomic E-state index is 12.0. The fourth-order valence-electron chi connectivity index (χ4n) is 3.95. The first kappa shape index (κ1) is 19.5. The van der Waals surface area contributed by atoms with Gasteiger partial charge in [0.25, 0.3) is 0 Å². The number of halogens is 1. The predicted octanol–water partition coefficient (Wildman–Crippen LogP) is 4.83. The zero-order valence-corrected chi connectivity index (χ0v) is 17.6. The highest BCUT2D eigenvalue weighted by atomic mass is 79.9. The molecule has 27 heavy (non-hydrogen) atoms. The number of aromatic nitrogens is 2. The lowest BCUT2D eigenvalue weighted by Gasteiger charge is -2.45. The smallest absolute Gasteiger partial charge is 0.408 e. The Bertz CT molecular complexity index is 902. The molecule has 1 aliphatic heterocycles. The highest BCUT2D eigenvalue weighted by Gasteiger charge is 2.57. The highest BCUT2D eigenvalue weighted by Crippen LogP contribution is 2.51. The summed E-state index contributed by atoms with van der Waals surface area (Å²) in [5.74, 6) is 7.15. The number of H-pyrrole nitrogens is 1. The van der Waals surface area contributed by atoms with Crippen molar-refractivity contribution in [2.45, 2.75) is 39.7 Å². The number of carbonyl (C=O) groups is 1. The summed E-state index contributed by atoms with van der Waals surface area (Å²) >= 11 is 3.41. The van der Waals surface area contributed by atoms with Gasteiger partial charge in [-0.3, -0.25) is 4.90 Å². The largest absolute Gasteiger partial charge is 0.465 e. The number of nitrogens with zero attached hydrogens (tertiary/aromatic N) is 2. The molecule has 0 spiro atoms. The van der Waals surface area contributed by atoms with Crippen molar-refractivity contribution in [1.29, 1.82) is 0 Å². The lowest BCUT2D eigenvalue weighted by atomic mass is 9.70. The van der Waals surface area contributed by atoms with E-state index >= 15 is 0 Å². The number of nitrogens with one attached hydrogen (secondary N) is 1. The van der Waals surface area contributed by atoms with E-state index in [2.05, 4.69) is 65.4 Å². The summed E-state index contributed by atoms with van der Waals surface area (Å²) in [6.45, 7) is 8.79. The Morgan fingerprint density at radius 2 is 2.00 bits per heavy atom. The third-order valence-electron chi connectivity index (χ3n) is 5.22. The molecule has 2 aromatic rings. The monoisotopic (exact) mass is 429 g/mol. The predicted molar refractivity (Wildman–Crippen MR) is 108 cm³/mol. The third-order valence-corrected chi connectivity index (χ3v) is 5.75. The normalized spacial score (nSPS) is 22.4. The van der Waals surface area contributed by atoms with E-state index in [0.717, 1.165) is 16.5 Å². The van der Waals surface area contributed by atoms with Crippen LogP contribution in [0.4, 0.5) is 4.79 Å². The Balaban J connectivity index is 1.99. The minimum absolute atomic E-state index is 0.266. The van der Waals surface area contributed by atoms with Crippen LogP contribution in [0.3, 0.4) is 0 Å². The van der Waals surface area contributed by atoms with E-state index in [1.807, 2.05) is 24.3 Å². The van der Waals surface area contributed by atoms with Crippen LogP contribution < -0.4 is 0 Å². The molecule has 2 N–H and O–H groups in total. The molecular formula is C21H24BrN3O2. The van der Waals surface area contributed by atoms with E-state index in [4.69, 9.17) is 0 Å². The van der Waals surface area contributed by atoms with Crippen LogP contribution in [-0.4, -0.2) is 32.6 Å². The van der Waals surface area contributed by atoms with Gasteiger partial charge in [-0.15, -0.1) is 0 Å². The van der Waals surface area contributed by atoms with E-state index in [9.17, 15) is 9.90 Å². The van der Waals surface area contributed by atoms with Crippen LogP contribution in [0.2, 0.25) is 0 Å². The van der Waals surface area contributed by atoms with Crippen molar-refractivity contribution >= 4 is 22.0 Å². The number of likely N-dealkylation sites (tertiary alicyclic amines) is 1. The Kier molecular flexibility index (Phi) is 5.09. The number of imidazole rings is 1. The van der Waals surface area contributed by atoms with E-state index in [-0.39, 0.29) is 11.3 Å². The summed E-state index contributed by atoms with van der Waals surface area (Å²) in [6.07, 6.45) is 1.52. The van der Waals surface area contributed by atoms with Gasteiger partial charge in [-0.2, -0.15) is 0 Å². The Morgan fingerprint density at radius 3 is 2.59 bits per heavy atom. The van der Waals surface area contributed by atoms with Gasteiger partial charge in [-0.1, -0.05) is 49.5 Å². The Hall–Kier alpha value is -2.26. The quantitative estimate of drug-likeness (QED) is 0.637. The molecule has 0 saturated carbocycles. The summed E-state index contributed by atoms with van der Waals surface area (Å²) in [7, 11) is 0. The molecule has 1 aromatic heterocycles. The molecular weight excluding hydrogens is 406 g/mol. The van der Waals surface area contributed by atoms with Gasteiger partial charge >= 0.3 is 6.09 Å². The van der Waals surface area contributed by atoms with Gasteiger partial charge in [0.15, 0.2) is 0 Å². The summed E-state index contributed by atoms with van der Waals surface area (Å²) in [6, 6.07) is 7.77. The molecule has 0 radical (unpaired) electrons. The average molecular weight is 430 g/mol. The highest BCUT2D eigenvalue weighted by molar-refractivity contribution is 9.10. The first-order valence-electron chi connectivity index (χ1n) is 8.97. The molecule has 1 amide bonds. The molecule has 1 saturated heterocycles. The third kappa shape index (κ3) is 3.61. The molecule has 1 aliphatic rings. The van der Waals surface area contributed by atoms with Crippen LogP contribution in [0, 0.1) is 23.2 Å². The molecule has 2 atom stereocenters. The van der Waals surface area contributed by atoms with Gasteiger partial charge in [-0.05, 0) is 47.9 Å². The summed E-state index contributed by atoms with van der Waals surface area (Å²) in [4.78, 5) is 21.4. The molecule has 0 aliphatic carbocycles. The molecule has 0 unspecified atom stereocenters. The molecule has 1 fully saturated rings. The molecule has 1 aromatic carbocycles. The van der Waals surface area contributed by atoms with Gasteiger partial charge in [-0.25, -0.2) is 9.78 Å². The zero-order valence-electron chi connectivity index (χ0n) is 16.0. The summed E-state index contributed by atoms with van der Waals surface area (Å²) in [5, 5.41) is 9.82. The summed E-state index contributed by atoms with van der Waals surface area (Å²) in [5.41, 5.74) is 0.572. The van der Waals surface area contributed by atoms with Crippen molar-refractivity contribution in [3.05, 3.63) is 52.0 Å². The van der Waals surface area contributed by atoms with Gasteiger partial charge in [0.05, 0.1) is 6.20 Å². The molecule has 0 bridgehead atoms. The fourth-order valence-corrected chi connectivity index (χ4v) is 4.21. The first-order valence-corrected chi connectivity index (χ1v) is 9.76. The van der Waals surface area contributed by atoms with Gasteiger partial charge in [0.2, 0.25) is 0 Å². The Morgan fingerprint density at radius 1 is 1.33 bits per heavy atom. The van der Waals surface area contributed by atoms with Crippen LogP contribution in [0.1, 0.15) is 51.2 Å². The Labute approximate surface area is 168 Å². The topological polar surface area (TPSA) is 69.2 Å². The standard InChI is InChI=1S/C21H24BrN3O2/c1-14-11-21(20(2,3)4,25(13-14)19(26)27)18-23-12-17(24-18)10-7-15-5-8-16(22)9-6-15/h5-6,8-9,12,14H,11,13H2,1-4H3,(H,23,24)(H,26,27)/t14-,21+/m0/s1. The van der Waals surface area contributed by atoms with Crippen LogP contribution in [0.15, 0.2) is 34.9 Å². The molecule has 5 nitrogen and oxygen atoms in total. The van der Waals surface area contributed by atoms with E-state index < -0.39 is 11.6 Å². The van der Waals surface area contributed by atoms with Crippen molar-refractivity contribution in [3.8, 4) is 11.8 Å². The minimum Gasteiger partial charge on any atom is -0.465 e. The van der Waals surface area contributed by atoms with Crippen molar-refractivity contribution in [2.75, 3.05) is 6.54 Å². The van der Waals surface area contributed by atoms with Crippen LogP contribution in [0.25, 0.3) is 0 Å². The number of amides is 1. The number of aromatic amines is 1. The maximum Gasteiger partial charge on any atom is 0.408 e. The van der Waals surface area contributed by atoms with Gasteiger partial charge in [0, 0.05) is 16.6 Å². The van der Waals surface area contributed by atoms with Gasteiger partial charge < -0.3 is 10.1 Å². The second kappa shape index (κ2) is 7.05. The van der Waals surface area contributed by atoms with Crippen molar-refractivity contribution in [1.82, 2.24) is 14.9 Å². The second-order valence-corrected chi connectivity index (χ2v) is 9.13. The minimum atomic E-state index is -0.909. The molecule has 142 valence electrons. The van der Waals surface area contributed by atoms with Crippen molar-refractivity contribution < 1.29 is 9.90 Å². The number of hydrogen-bond acceptors (Lipinski definition) is 2. The second-order valence-electron chi connectivity index (χ2n) is 8.22. The lowest BCUT2D eigenvalue weighted by Crippen LogP contribution is -2.53. The number of carboxylic acid groups (broad SMARTS) is 1. The summed E-state index contributed by atoms with van der Waals surface area (Å²) < 4.78 is 1.01. The van der Waals surface area contributed by atoms with Crippen LogP contribution in [0.5, 0.6) is 0 Å². The van der Waals surface area contributed by atoms with E-state index in [1.54, 1.807) is 11.1 Å². The molecule has 6 heteroatoms. The SMILES string of the molecule is C[C@@H]1CN(C(=O)O)[C@](c2ncc(C#Cc3ccc(Br)cc3)[nH]2)(C(C)(C)C)C1. The number of hydrogen-bond donors (Lipinski definition) is 2. The van der Waals surface area contributed by atoms with E-state index in [0.29, 0.717) is 18.1 Å². The maximum atomic E-state index is 12.0. The molecule has 2 heterocycles.